The molecule has 0 bridgehead atoms. The molecule has 0 aromatic rings. The van der Waals surface area contributed by atoms with E-state index in [1.165, 1.54) is 4.97 Å². The second kappa shape index (κ2) is 9.11. The van der Waals surface area contributed by atoms with Crippen molar-refractivity contribution in [3.8, 4) is 4.97 Å². The van der Waals surface area contributed by atoms with E-state index in [0.717, 1.165) is 0 Å². The summed E-state index contributed by atoms with van der Waals surface area (Å²) < 4.78 is 0. The standard InChI is InChI=1S/CN.Fe.In.3H/c1-2;;;;;. The fraction of sp³-hybridized carbons (Fsp3) is 0. The summed E-state index contributed by atoms with van der Waals surface area (Å²) in [7, 11) is 0. The van der Waals surface area contributed by atoms with E-state index in [4.69, 9.17) is 5.26 Å². The predicted molar refractivity (Wildman–Crippen MR) is 15.6 cm³/mol. The molecule has 0 saturated heterocycles. The van der Waals surface area contributed by atoms with Crippen molar-refractivity contribution in [3.05, 3.63) is 0 Å². The first-order chi connectivity index (χ1) is 1.41. The molecule has 0 spiro atoms. The van der Waals surface area contributed by atoms with Crippen molar-refractivity contribution in [2.75, 3.05) is 0 Å². The number of nitrogens with zero attached hydrogens (tertiary/aromatic N) is 1. The first-order valence-electron chi connectivity index (χ1n) is 0.400. The number of rotatable bonds is 0. The van der Waals surface area contributed by atoms with E-state index in [2.05, 4.69) is 16.0 Å². The molecule has 3 heteroatoms. The first kappa shape index (κ1) is 8.86. The van der Waals surface area contributed by atoms with E-state index in [0.29, 0.717) is 0 Å². The van der Waals surface area contributed by atoms with Gasteiger partial charge in [0.15, 0.2) is 0 Å². The van der Waals surface area contributed by atoms with Crippen LogP contribution in [0.25, 0.3) is 0 Å². The quantitative estimate of drug-likeness (QED) is 0.452. The second-order valence-electron chi connectivity index (χ2n) is 0.0791. The summed E-state index contributed by atoms with van der Waals surface area (Å²) in [6.45, 7) is 0. The van der Waals surface area contributed by atoms with Gasteiger partial charge in [-0.15, -0.1) is 0 Å². The number of nitriles is 1. The summed E-state index contributed by atoms with van der Waals surface area (Å²) in [5.41, 5.74) is 0. The Kier molecular flexibility index (Phi) is 20.2. The van der Waals surface area contributed by atoms with Gasteiger partial charge in [-0.05, 0) is 0 Å². The van der Waals surface area contributed by atoms with Crippen molar-refractivity contribution in [3.63, 3.8) is 0 Å². The monoisotopic (exact) mass is 200 g/mol. The molecule has 0 amide bonds. The summed E-state index contributed by atoms with van der Waals surface area (Å²) in [4.78, 5) is 1.50. The van der Waals surface area contributed by atoms with Crippen LogP contribution in [0, 0.1) is 10.2 Å². The zero-order chi connectivity index (χ0) is 2.71. The minimum absolute atomic E-state index is 0. The molecule has 23 valence electrons. The van der Waals surface area contributed by atoms with Gasteiger partial charge in [-0.25, -0.2) is 0 Å². The molecular weight excluding hydrogens is 197 g/mol. The van der Waals surface area contributed by atoms with E-state index in [9.17, 15) is 0 Å². The molecule has 1 nitrogen and oxygen atoms in total. The molecule has 0 radical (unpaired) electrons. The molecule has 0 rings (SSSR count). The Morgan fingerprint density at radius 1 is 1.75 bits per heavy atom. The second-order valence-corrected chi connectivity index (χ2v) is 0.326. The molecule has 0 heterocycles. The summed E-state index contributed by atoms with van der Waals surface area (Å²) in [6.07, 6.45) is 0. The Balaban J connectivity index is 0. The van der Waals surface area contributed by atoms with Crippen LogP contribution < -0.4 is 0 Å². The maximum absolute atomic E-state index is 7.21. The SMILES string of the molecule is N#[C][Fe].[InH3]. The summed E-state index contributed by atoms with van der Waals surface area (Å²) in [5, 5.41) is 7.21. The Labute approximate surface area is 52.0 Å². The molecule has 0 aromatic heterocycles. The van der Waals surface area contributed by atoms with E-state index in [1.807, 2.05) is 0 Å². The third kappa shape index (κ3) is 13.1. The van der Waals surface area contributed by atoms with Gasteiger partial charge in [0, 0.05) is 0 Å². The Morgan fingerprint density at radius 2 is 1.75 bits per heavy atom. The van der Waals surface area contributed by atoms with Gasteiger partial charge >= 0.3 is 52.1 Å². The van der Waals surface area contributed by atoms with Crippen LogP contribution in [-0.4, -0.2) is 25.8 Å². The van der Waals surface area contributed by atoms with Crippen molar-refractivity contribution in [2.24, 2.45) is 0 Å². The van der Waals surface area contributed by atoms with Crippen LogP contribution in [0.5, 0.6) is 0 Å². The normalized spacial score (nSPS) is 2.00. The zero-order valence-corrected chi connectivity index (χ0v) is 2.40. The molecule has 0 aliphatic carbocycles. The van der Waals surface area contributed by atoms with Gasteiger partial charge in [0.1, 0.15) is 0 Å². The van der Waals surface area contributed by atoms with Gasteiger partial charge in [0.25, 0.3) is 0 Å². The zero-order valence-electron chi connectivity index (χ0n) is 1.30. The summed E-state index contributed by atoms with van der Waals surface area (Å²) in [5.74, 6) is 0. The van der Waals surface area contributed by atoms with Crippen LogP contribution >= 0.6 is 0 Å². The van der Waals surface area contributed by atoms with Crippen molar-refractivity contribution in [2.45, 2.75) is 0 Å². The topological polar surface area (TPSA) is 23.8 Å². The molecule has 4 heavy (non-hydrogen) atoms. The molecule has 0 aliphatic rings. The Hall–Kier alpha value is 0.880. The van der Waals surface area contributed by atoms with Gasteiger partial charge in [-0.1, -0.05) is 0 Å². The molecule has 0 aliphatic heterocycles. The van der Waals surface area contributed by atoms with E-state index < -0.39 is 0 Å². The number of hydrogen-bond donors (Lipinski definition) is 0. The molecular formula is CH3FeInN. The first-order valence-corrected chi connectivity index (χ1v) is 0.952. The van der Waals surface area contributed by atoms with Crippen molar-refractivity contribution < 1.29 is 16.0 Å². The fourth-order valence-corrected chi connectivity index (χ4v) is 0. The third-order valence-corrected chi connectivity index (χ3v) is 0. The van der Waals surface area contributed by atoms with Gasteiger partial charge in [-0.2, -0.15) is 0 Å². The van der Waals surface area contributed by atoms with Gasteiger partial charge in [0.05, 0.1) is 0 Å². The van der Waals surface area contributed by atoms with E-state index in [1.54, 1.807) is 0 Å². The van der Waals surface area contributed by atoms with Crippen LogP contribution in [0.4, 0.5) is 0 Å². The van der Waals surface area contributed by atoms with E-state index in [-0.39, 0.29) is 25.8 Å². The number of hydrogen-bond acceptors (Lipinski definition) is 1. The van der Waals surface area contributed by atoms with Crippen LogP contribution in [-0.2, 0) is 16.0 Å². The molecule has 0 N–H and O–H groups in total. The average Bonchev–Trinajstić information content (AvgIpc) is 0.918. The van der Waals surface area contributed by atoms with Crippen molar-refractivity contribution in [1.29, 1.82) is 5.26 Å². The van der Waals surface area contributed by atoms with Crippen LogP contribution in [0.1, 0.15) is 0 Å². The van der Waals surface area contributed by atoms with Crippen LogP contribution in [0.15, 0.2) is 0 Å². The fourth-order valence-electron chi connectivity index (χ4n) is 0. The van der Waals surface area contributed by atoms with Gasteiger partial charge in [0.2, 0.25) is 0 Å². The van der Waals surface area contributed by atoms with Gasteiger partial charge in [-0.3, -0.25) is 0 Å². The molecule has 0 atom stereocenters. The minimum atomic E-state index is 0. The van der Waals surface area contributed by atoms with Crippen LogP contribution in [0.2, 0.25) is 0 Å². The Bertz CT molecular complexity index is 29.5. The predicted octanol–water partition coefficient (Wildman–Crippen LogP) is -1.17. The molecule has 0 fully saturated rings. The van der Waals surface area contributed by atoms with Gasteiger partial charge < -0.3 is 0 Å². The molecule has 0 saturated carbocycles. The third-order valence-electron chi connectivity index (χ3n) is 0. The van der Waals surface area contributed by atoms with Crippen molar-refractivity contribution >= 4 is 25.8 Å². The van der Waals surface area contributed by atoms with Crippen LogP contribution in [0.3, 0.4) is 0 Å². The summed E-state index contributed by atoms with van der Waals surface area (Å²) in [6, 6.07) is 0. The molecule has 0 unspecified atom stereocenters. The van der Waals surface area contributed by atoms with E-state index >= 15 is 0 Å². The molecule has 0 aromatic carbocycles. The summed E-state index contributed by atoms with van der Waals surface area (Å²) >= 11 is 2.79. The average molecular weight is 200 g/mol. The Morgan fingerprint density at radius 3 is 1.75 bits per heavy atom. The van der Waals surface area contributed by atoms with Crippen molar-refractivity contribution in [1.82, 2.24) is 0 Å². The maximum atomic E-state index is 7.21.